The van der Waals surface area contributed by atoms with Gasteiger partial charge in [-0.1, -0.05) is 6.92 Å². The first-order valence-electron chi connectivity index (χ1n) is 7.55. The van der Waals surface area contributed by atoms with E-state index < -0.39 is 10.0 Å². The Morgan fingerprint density at radius 2 is 2.33 bits per heavy atom. The SMILES string of the molecule is CCNCc1sccc1S(=O)(=O)N1CCOC2CCCC21. The highest BCUT2D eigenvalue weighted by Gasteiger charge is 2.42. The normalized spacial score (nSPS) is 26.9. The highest BCUT2D eigenvalue weighted by atomic mass is 32.2. The fourth-order valence-electron chi connectivity index (χ4n) is 3.24. The highest BCUT2D eigenvalue weighted by molar-refractivity contribution is 7.89. The summed E-state index contributed by atoms with van der Waals surface area (Å²) >= 11 is 1.51. The van der Waals surface area contributed by atoms with Gasteiger partial charge in [-0.3, -0.25) is 0 Å². The smallest absolute Gasteiger partial charge is 0.244 e. The third-order valence-electron chi connectivity index (χ3n) is 4.26. The van der Waals surface area contributed by atoms with E-state index in [2.05, 4.69) is 5.32 Å². The van der Waals surface area contributed by atoms with Gasteiger partial charge >= 0.3 is 0 Å². The summed E-state index contributed by atoms with van der Waals surface area (Å²) in [6.45, 7) is 4.45. The molecule has 1 aliphatic carbocycles. The van der Waals surface area contributed by atoms with Crippen molar-refractivity contribution >= 4 is 21.4 Å². The molecule has 1 saturated heterocycles. The van der Waals surface area contributed by atoms with Gasteiger partial charge in [-0.25, -0.2) is 8.42 Å². The van der Waals surface area contributed by atoms with Gasteiger partial charge in [-0.05, 0) is 37.3 Å². The third-order valence-corrected chi connectivity index (χ3v) is 7.32. The number of thiophene rings is 1. The molecule has 0 aromatic carbocycles. The molecule has 0 amide bonds. The van der Waals surface area contributed by atoms with Gasteiger partial charge in [0.25, 0.3) is 0 Å². The molecule has 0 radical (unpaired) electrons. The van der Waals surface area contributed by atoms with Crippen LogP contribution in [-0.4, -0.2) is 44.6 Å². The van der Waals surface area contributed by atoms with Crippen LogP contribution in [0.25, 0.3) is 0 Å². The Hall–Kier alpha value is -0.470. The van der Waals surface area contributed by atoms with Crippen LogP contribution in [0, 0.1) is 0 Å². The quantitative estimate of drug-likeness (QED) is 0.894. The van der Waals surface area contributed by atoms with Gasteiger partial charge in [0.1, 0.15) is 0 Å². The van der Waals surface area contributed by atoms with E-state index in [1.54, 1.807) is 10.4 Å². The van der Waals surface area contributed by atoms with Crippen LogP contribution in [-0.2, 0) is 21.3 Å². The molecule has 1 N–H and O–H groups in total. The lowest BCUT2D eigenvalue weighted by Crippen LogP contribution is -2.51. The first-order chi connectivity index (χ1) is 10.1. The Labute approximate surface area is 130 Å². The zero-order chi connectivity index (χ0) is 14.9. The molecule has 1 saturated carbocycles. The number of sulfonamides is 1. The molecule has 2 heterocycles. The van der Waals surface area contributed by atoms with Gasteiger partial charge in [-0.15, -0.1) is 11.3 Å². The second-order valence-electron chi connectivity index (χ2n) is 5.51. The predicted octanol–water partition coefficient (Wildman–Crippen LogP) is 1.80. The standard InChI is InChI=1S/C14H22N2O3S2/c1-2-15-10-13-14(6-9-20-13)21(17,18)16-7-8-19-12-5-3-4-11(12)16/h6,9,11-12,15H,2-5,7-8,10H2,1H3. The highest BCUT2D eigenvalue weighted by Crippen LogP contribution is 2.35. The number of nitrogens with one attached hydrogen (secondary N) is 1. The van der Waals surface area contributed by atoms with E-state index >= 15 is 0 Å². The molecule has 5 nitrogen and oxygen atoms in total. The molecule has 1 aromatic rings. The Balaban J connectivity index is 1.87. The van der Waals surface area contributed by atoms with E-state index in [0.29, 0.717) is 24.6 Å². The van der Waals surface area contributed by atoms with E-state index in [1.807, 2.05) is 12.3 Å². The molecule has 1 aliphatic heterocycles. The Bertz CT molecular complexity index is 585. The van der Waals surface area contributed by atoms with Crippen LogP contribution in [0.3, 0.4) is 0 Å². The zero-order valence-corrected chi connectivity index (χ0v) is 13.9. The summed E-state index contributed by atoms with van der Waals surface area (Å²) in [5, 5.41) is 5.08. The van der Waals surface area contributed by atoms with Gasteiger partial charge in [0, 0.05) is 18.0 Å². The molecule has 0 bridgehead atoms. The molecule has 2 atom stereocenters. The van der Waals surface area contributed by atoms with Crippen molar-refractivity contribution in [2.24, 2.45) is 0 Å². The minimum atomic E-state index is -3.41. The largest absolute Gasteiger partial charge is 0.375 e. The van der Waals surface area contributed by atoms with Crippen molar-refractivity contribution < 1.29 is 13.2 Å². The second-order valence-corrected chi connectivity index (χ2v) is 8.37. The van der Waals surface area contributed by atoms with Crippen LogP contribution in [0.1, 0.15) is 31.1 Å². The van der Waals surface area contributed by atoms with E-state index in [1.165, 1.54) is 11.3 Å². The minimum Gasteiger partial charge on any atom is -0.375 e. The number of morpholine rings is 1. The molecule has 2 aliphatic rings. The molecule has 118 valence electrons. The number of fused-ring (bicyclic) bond motifs is 1. The second kappa shape index (κ2) is 6.34. The maximum atomic E-state index is 13.0. The molecule has 0 spiro atoms. The summed E-state index contributed by atoms with van der Waals surface area (Å²) in [4.78, 5) is 1.37. The summed E-state index contributed by atoms with van der Waals surface area (Å²) < 4.78 is 33.5. The fourth-order valence-corrected chi connectivity index (χ4v) is 6.29. The third kappa shape index (κ3) is 2.90. The van der Waals surface area contributed by atoms with Gasteiger partial charge in [-0.2, -0.15) is 4.31 Å². The number of hydrogen-bond acceptors (Lipinski definition) is 5. The van der Waals surface area contributed by atoms with Crippen LogP contribution in [0.2, 0.25) is 0 Å². The van der Waals surface area contributed by atoms with Crippen molar-refractivity contribution in [3.8, 4) is 0 Å². The van der Waals surface area contributed by atoms with Gasteiger partial charge < -0.3 is 10.1 Å². The van der Waals surface area contributed by atoms with E-state index in [0.717, 1.165) is 30.7 Å². The zero-order valence-electron chi connectivity index (χ0n) is 12.2. The first-order valence-corrected chi connectivity index (χ1v) is 9.87. The molecule has 2 fully saturated rings. The fraction of sp³-hybridized carbons (Fsp3) is 0.714. The van der Waals surface area contributed by atoms with Gasteiger partial charge in [0.15, 0.2) is 0 Å². The Morgan fingerprint density at radius 3 is 3.14 bits per heavy atom. The van der Waals surface area contributed by atoms with Crippen LogP contribution in [0.15, 0.2) is 16.3 Å². The average molecular weight is 330 g/mol. The monoisotopic (exact) mass is 330 g/mol. The van der Waals surface area contributed by atoms with Gasteiger partial charge in [0.2, 0.25) is 10.0 Å². The van der Waals surface area contributed by atoms with Crippen molar-refractivity contribution in [2.75, 3.05) is 19.7 Å². The summed E-state index contributed by atoms with van der Waals surface area (Å²) in [5.41, 5.74) is 0. The summed E-state index contributed by atoms with van der Waals surface area (Å²) in [5.74, 6) is 0. The average Bonchev–Trinajstić information content (AvgIpc) is 3.13. The van der Waals surface area contributed by atoms with Crippen molar-refractivity contribution in [3.63, 3.8) is 0 Å². The molecule has 3 rings (SSSR count). The summed E-state index contributed by atoms with van der Waals surface area (Å²) in [6.07, 6.45) is 3.03. The number of rotatable bonds is 5. The number of hydrogen-bond donors (Lipinski definition) is 1. The maximum absolute atomic E-state index is 13.0. The van der Waals surface area contributed by atoms with Gasteiger partial charge in [0.05, 0.1) is 23.6 Å². The van der Waals surface area contributed by atoms with Crippen molar-refractivity contribution in [3.05, 3.63) is 16.3 Å². The van der Waals surface area contributed by atoms with Crippen LogP contribution in [0.5, 0.6) is 0 Å². The lowest BCUT2D eigenvalue weighted by molar-refractivity contribution is -0.0241. The molecule has 2 unspecified atom stereocenters. The molecule has 1 aromatic heterocycles. The number of nitrogens with zero attached hydrogens (tertiary/aromatic N) is 1. The maximum Gasteiger partial charge on any atom is 0.244 e. The van der Waals surface area contributed by atoms with Crippen molar-refractivity contribution in [2.45, 2.75) is 49.8 Å². The van der Waals surface area contributed by atoms with Crippen molar-refractivity contribution in [1.29, 1.82) is 0 Å². The number of ether oxygens (including phenoxy) is 1. The first kappa shape index (κ1) is 15.4. The predicted molar refractivity (Wildman–Crippen MR) is 83.0 cm³/mol. The minimum absolute atomic E-state index is 0.0237. The van der Waals surface area contributed by atoms with E-state index in [-0.39, 0.29) is 12.1 Å². The molecule has 7 heteroatoms. The molecule has 21 heavy (non-hydrogen) atoms. The lowest BCUT2D eigenvalue weighted by Gasteiger charge is -2.36. The van der Waals surface area contributed by atoms with Crippen molar-refractivity contribution in [1.82, 2.24) is 9.62 Å². The Morgan fingerprint density at radius 1 is 1.48 bits per heavy atom. The summed E-state index contributed by atoms with van der Waals surface area (Å²) in [7, 11) is -3.41. The Kier molecular flexibility index (Phi) is 4.66. The molecular formula is C14H22N2O3S2. The van der Waals surface area contributed by atoms with E-state index in [4.69, 9.17) is 4.74 Å². The summed E-state index contributed by atoms with van der Waals surface area (Å²) in [6, 6.07) is 1.77. The van der Waals surface area contributed by atoms with Crippen LogP contribution < -0.4 is 5.32 Å². The molecular weight excluding hydrogens is 308 g/mol. The topological polar surface area (TPSA) is 58.6 Å². The van der Waals surface area contributed by atoms with Crippen LogP contribution >= 0.6 is 11.3 Å². The van der Waals surface area contributed by atoms with E-state index in [9.17, 15) is 8.42 Å². The van der Waals surface area contributed by atoms with Crippen LogP contribution in [0.4, 0.5) is 0 Å². The lowest BCUT2D eigenvalue weighted by atomic mass is 10.2.